The predicted octanol–water partition coefficient (Wildman–Crippen LogP) is 5.88. The van der Waals surface area contributed by atoms with E-state index in [1.165, 1.54) is 0 Å². The lowest BCUT2D eigenvalue weighted by Crippen LogP contribution is -2.62. The van der Waals surface area contributed by atoms with Gasteiger partial charge >= 0.3 is 5.97 Å². The van der Waals surface area contributed by atoms with Crippen molar-refractivity contribution in [2.45, 2.75) is 143 Å². The van der Waals surface area contributed by atoms with Crippen molar-refractivity contribution >= 4 is 5.97 Å². The Labute approximate surface area is 219 Å². The molecule has 0 aliphatic heterocycles. The van der Waals surface area contributed by atoms with Crippen molar-refractivity contribution in [2.24, 2.45) is 46.3 Å². The van der Waals surface area contributed by atoms with Crippen LogP contribution in [0.2, 0.25) is 0 Å². The molecule has 5 nitrogen and oxygen atoms in total. The molecular formula is C31H54O5. The highest BCUT2D eigenvalue weighted by Gasteiger charge is 2.65. The van der Waals surface area contributed by atoms with Gasteiger partial charge in [-0.05, 0) is 117 Å². The van der Waals surface area contributed by atoms with E-state index < -0.39 is 0 Å². The van der Waals surface area contributed by atoms with Gasteiger partial charge in [-0.25, -0.2) is 0 Å². The molecule has 4 fully saturated rings. The number of hydrogen-bond acceptors (Lipinski definition) is 5. The monoisotopic (exact) mass is 506 g/mol. The van der Waals surface area contributed by atoms with E-state index in [4.69, 9.17) is 4.74 Å². The van der Waals surface area contributed by atoms with E-state index in [2.05, 4.69) is 34.6 Å². The molecule has 208 valence electrons. The van der Waals surface area contributed by atoms with Gasteiger partial charge in [0.05, 0.1) is 18.3 Å². The number of aliphatic hydroxyl groups is 3. The highest BCUT2D eigenvalue weighted by Crippen LogP contribution is 2.68. The number of fused-ring (bicyclic) bond motifs is 5. The molecule has 0 saturated heterocycles. The summed E-state index contributed by atoms with van der Waals surface area (Å²) in [6, 6.07) is 0. The molecule has 12 atom stereocenters. The molecule has 0 radical (unpaired) electrons. The number of esters is 1. The fraction of sp³-hybridized carbons (Fsp3) is 0.968. The third-order valence-electron chi connectivity index (χ3n) is 12.2. The van der Waals surface area contributed by atoms with Crippen molar-refractivity contribution in [3.05, 3.63) is 0 Å². The minimum Gasteiger partial charge on any atom is -0.459 e. The zero-order valence-electron chi connectivity index (χ0n) is 23.8. The smallest absolute Gasteiger partial charge is 0.306 e. The van der Waals surface area contributed by atoms with E-state index in [1.54, 1.807) is 0 Å². The van der Waals surface area contributed by atoms with Gasteiger partial charge in [0.2, 0.25) is 0 Å². The number of carbonyl (C=O) groups excluding carboxylic acids is 1. The number of rotatable bonds is 8. The lowest BCUT2D eigenvalue weighted by molar-refractivity contribution is -0.207. The van der Waals surface area contributed by atoms with Gasteiger partial charge in [-0.3, -0.25) is 4.79 Å². The fourth-order valence-corrected chi connectivity index (χ4v) is 9.83. The van der Waals surface area contributed by atoms with E-state index in [-0.39, 0.29) is 46.6 Å². The second-order valence-corrected chi connectivity index (χ2v) is 14.1. The van der Waals surface area contributed by atoms with E-state index in [9.17, 15) is 20.1 Å². The quantitative estimate of drug-likeness (QED) is 0.358. The highest BCUT2D eigenvalue weighted by molar-refractivity contribution is 5.69. The Hall–Kier alpha value is -0.650. The maximum atomic E-state index is 12.7. The summed E-state index contributed by atoms with van der Waals surface area (Å²) < 4.78 is 5.91. The Morgan fingerprint density at radius 1 is 1.06 bits per heavy atom. The molecule has 4 aliphatic rings. The molecule has 0 aromatic carbocycles. The van der Waals surface area contributed by atoms with Crippen molar-refractivity contribution in [2.75, 3.05) is 0 Å². The number of carbonyl (C=O) groups is 1. The van der Waals surface area contributed by atoms with Crippen LogP contribution in [0.3, 0.4) is 0 Å². The third kappa shape index (κ3) is 4.79. The number of aliphatic hydroxyl groups excluding tert-OH is 3. The van der Waals surface area contributed by atoms with Crippen LogP contribution >= 0.6 is 0 Å². The highest BCUT2D eigenvalue weighted by atomic mass is 16.6. The van der Waals surface area contributed by atoms with Gasteiger partial charge in [0.1, 0.15) is 5.60 Å². The molecule has 0 bridgehead atoms. The Balaban J connectivity index is 1.45. The second kappa shape index (κ2) is 10.5. The van der Waals surface area contributed by atoms with Gasteiger partial charge in [-0.15, -0.1) is 0 Å². The van der Waals surface area contributed by atoms with Gasteiger partial charge < -0.3 is 20.1 Å². The zero-order chi connectivity index (χ0) is 26.5. The number of ether oxygens (including phenoxy) is 1. The van der Waals surface area contributed by atoms with E-state index in [0.717, 1.165) is 70.6 Å². The molecule has 0 heterocycles. The molecule has 4 rings (SSSR count). The Morgan fingerprint density at radius 2 is 1.78 bits per heavy atom. The summed E-state index contributed by atoms with van der Waals surface area (Å²) in [5.41, 5.74) is -0.485. The first-order valence-corrected chi connectivity index (χ1v) is 15.2. The summed E-state index contributed by atoms with van der Waals surface area (Å²) in [7, 11) is 0. The lowest BCUT2D eigenvalue weighted by atomic mass is 9.43. The summed E-state index contributed by atoms with van der Waals surface area (Å²) in [6.07, 6.45) is 9.28. The van der Waals surface area contributed by atoms with Crippen LogP contribution in [0.4, 0.5) is 0 Å². The fourth-order valence-electron chi connectivity index (χ4n) is 9.83. The summed E-state index contributed by atoms with van der Waals surface area (Å²) in [5.74, 6) is 1.80. The molecule has 0 spiro atoms. The lowest BCUT2D eigenvalue weighted by Gasteiger charge is -2.63. The van der Waals surface area contributed by atoms with Crippen molar-refractivity contribution < 1.29 is 24.9 Å². The third-order valence-corrected chi connectivity index (χ3v) is 12.2. The van der Waals surface area contributed by atoms with Gasteiger partial charge in [0.15, 0.2) is 0 Å². The second-order valence-electron chi connectivity index (χ2n) is 14.1. The molecule has 0 aromatic heterocycles. The largest absolute Gasteiger partial charge is 0.459 e. The minimum atomic E-state index is -0.381. The first-order chi connectivity index (χ1) is 16.9. The summed E-state index contributed by atoms with van der Waals surface area (Å²) in [6.45, 7) is 13.2. The van der Waals surface area contributed by atoms with Gasteiger partial charge in [0.25, 0.3) is 0 Å². The molecule has 0 amide bonds. The maximum Gasteiger partial charge on any atom is 0.306 e. The van der Waals surface area contributed by atoms with Crippen LogP contribution in [-0.2, 0) is 9.53 Å². The molecule has 9 unspecified atom stereocenters. The van der Waals surface area contributed by atoms with Crippen LogP contribution in [0.5, 0.6) is 0 Å². The van der Waals surface area contributed by atoms with Gasteiger partial charge in [0, 0.05) is 6.42 Å². The molecule has 0 aromatic rings. The van der Waals surface area contributed by atoms with Crippen molar-refractivity contribution in [1.29, 1.82) is 0 Å². The van der Waals surface area contributed by atoms with Crippen molar-refractivity contribution in [1.82, 2.24) is 0 Å². The van der Waals surface area contributed by atoms with Crippen molar-refractivity contribution in [3.63, 3.8) is 0 Å². The molecule has 4 saturated carbocycles. The Kier molecular flexibility index (Phi) is 8.26. The van der Waals surface area contributed by atoms with Gasteiger partial charge in [-0.1, -0.05) is 41.0 Å². The molecular weight excluding hydrogens is 452 g/mol. The zero-order valence-corrected chi connectivity index (χ0v) is 23.8. The summed E-state index contributed by atoms with van der Waals surface area (Å²) in [4.78, 5) is 12.7. The van der Waals surface area contributed by atoms with Crippen LogP contribution in [0.1, 0.15) is 119 Å². The summed E-state index contributed by atoms with van der Waals surface area (Å²) in [5, 5.41) is 33.5. The standard InChI is InChI=1S/C31H54O5/c1-7-14-29(4,8-2)36-27(35)12-9-19(3)22-10-11-23-28-24(18-26(34)31(22,23)6)30(5)15-13-21(32)16-20(30)17-25(28)33/h19-26,28,32-34H,7-18H2,1-6H3/t19?,20?,21-,22?,23?,24?,25-,26+,28?,29?,30?,31?/m1/s1. The average Bonchev–Trinajstić information content (AvgIpc) is 3.18. The normalized spacial score (nSPS) is 46.7. The van der Waals surface area contributed by atoms with E-state index >= 15 is 0 Å². The van der Waals surface area contributed by atoms with Crippen LogP contribution in [-0.4, -0.2) is 45.2 Å². The van der Waals surface area contributed by atoms with E-state index in [0.29, 0.717) is 36.0 Å². The Bertz CT molecular complexity index is 785. The van der Waals surface area contributed by atoms with Crippen LogP contribution in [0.25, 0.3) is 0 Å². The van der Waals surface area contributed by atoms with E-state index in [1.807, 2.05) is 6.92 Å². The SMILES string of the molecule is CCCC(C)(CC)OC(=O)CCC(C)C1CCC2C3C(C[C@H](O)C12C)C1(C)CC[C@@H](O)CC1C[C@H]3O. The predicted molar refractivity (Wildman–Crippen MR) is 142 cm³/mol. The van der Waals surface area contributed by atoms with Crippen molar-refractivity contribution in [3.8, 4) is 0 Å². The van der Waals surface area contributed by atoms with Crippen LogP contribution < -0.4 is 0 Å². The number of hydrogen-bond donors (Lipinski definition) is 3. The molecule has 5 heteroatoms. The molecule has 4 aliphatic carbocycles. The molecule has 3 N–H and O–H groups in total. The maximum absolute atomic E-state index is 12.7. The summed E-state index contributed by atoms with van der Waals surface area (Å²) >= 11 is 0. The first kappa shape index (κ1) is 28.4. The first-order valence-electron chi connectivity index (χ1n) is 15.2. The van der Waals surface area contributed by atoms with Gasteiger partial charge in [-0.2, -0.15) is 0 Å². The van der Waals surface area contributed by atoms with Crippen LogP contribution in [0, 0.1) is 46.3 Å². The Morgan fingerprint density at radius 3 is 2.44 bits per heavy atom. The van der Waals surface area contributed by atoms with Crippen LogP contribution in [0.15, 0.2) is 0 Å². The minimum absolute atomic E-state index is 0.0928. The average molecular weight is 507 g/mol. The topological polar surface area (TPSA) is 87.0 Å². The molecule has 36 heavy (non-hydrogen) atoms.